The van der Waals surface area contributed by atoms with E-state index >= 15 is 0 Å². The maximum atomic E-state index is 12.0. The normalized spacial score (nSPS) is 13.9. The summed E-state index contributed by atoms with van der Waals surface area (Å²) in [7, 11) is 1.31. The lowest BCUT2D eigenvalue weighted by Gasteiger charge is -2.29. The summed E-state index contributed by atoms with van der Waals surface area (Å²) in [5, 5.41) is 24.4. The molecule has 0 rings (SSSR count). The molecule has 0 aromatic rings. The number of nitrogens with one attached hydrogen (secondary N) is 3. The van der Waals surface area contributed by atoms with Gasteiger partial charge < -0.3 is 31.9 Å². The van der Waals surface area contributed by atoms with Crippen molar-refractivity contribution in [1.29, 1.82) is 0 Å². The molecule has 0 aromatic heterocycles. The van der Waals surface area contributed by atoms with Crippen molar-refractivity contribution < 1.29 is 34.2 Å². The van der Waals surface area contributed by atoms with Gasteiger partial charge in [-0.1, -0.05) is 0 Å². The predicted molar refractivity (Wildman–Crippen MR) is 80.9 cm³/mol. The summed E-state index contributed by atoms with van der Waals surface area (Å²) >= 11 is 0. The highest BCUT2D eigenvalue weighted by atomic mass is 16.4. The predicted octanol–water partition coefficient (Wildman–Crippen LogP) is -1.63. The third-order valence-corrected chi connectivity index (χ3v) is 3.24. The zero-order valence-electron chi connectivity index (χ0n) is 13.4. The second kappa shape index (κ2) is 9.33. The first-order chi connectivity index (χ1) is 11.0. The number of hydrogen-bond donors (Lipinski definition) is 6. The smallest absolute Gasteiger partial charge is 0.326 e. The van der Waals surface area contributed by atoms with Crippen LogP contribution in [0.25, 0.3) is 0 Å². The zero-order chi connectivity index (χ0) is 18.9. The molecule has 0 fully saturated rings. The van der Waals surface area contributed by atoms with E-state index in [4.69, 9.17) is 15.9 Å². The monoisotopic (exact) mass is 346 g/mol. The highest BCUT2D eigenvalue weighted by molar-refractivity contribution is 5.92. The molecular weight excluding hydrogens is 324 g/mol. The molecule has 0 saturated carbocycles. The van der Waals surface area contributed by atoms with E-state index < -0.39 is 41.4 Å². The van der Waals surface area contributed by atoms with E-state index in [1.807, 2.05) is 0 Å². The molecule has 0 heterocycles. The van der Waals surface area contributed by atoms with E-state index in [1.165, 1.54) is 14.0 Å². The van der Waals surface area contributed by atoms with E-state index in [0.717, 1.165) is 0 Å². The standard InChI is InChI=1S/C13H22N4O7/c1-13(11(23)15-2,6-5-9(19)20)17-12(24)16-7(10(21)22)3-4-8(14)18/h7H,3-6H2,1-2H3,(H2,14,18)(H,15,23)(H,19,20)(H,21,22)(H2,16,17,24)/t7-,13-/m1/s1. The van der Waals surface area contributed by atoms with Crippen molar-refractivity contribution in [1.82, 2.24) is 16.0 Å². The van der Waals surface area contributed by atoms with Crippen molar-refractivity contribution in [2.24, 2.45) is 5.73 Å². The summed E-state index contributed by atoms with van der Waals surface area (Å²) in [6.45, 7) is 1.31. The van der Waals surface area contributed by atoms with Crippen LogP contribution in [-0.2, 0) is 19.2 Å². The average Bonchev–Trinajstić information content (AvgIpc) is 2.47. The SMILES string of the molecule is CNC(=O)[C@@](C)(CCC(=O)O)NC(=O)N[C@H](CCC(N)=O)C(=O)O. The number of rotatable bonds is 10. The number of carboxylic acid groups (broad SMARTS) is 2. The summed E-state index contributed by atoms with van der Waals surface area (Å²) in [6.07, 6.45) is -1.05. The van der Waals surface area contributed by atoms with Crippen molar-refractivity contribution in [2.75, 3.05) is 7.05 Å². The number of hydrogen-bond acceptors (Lipinski definition) is 5. The number of carbonyl (C=O) groups excluding carboxylic acids is 3. The minimum atomic E-state index is -1.55. The van der Waals surface area contributed by atoms with Crippen LogP contribution in [-0.4, -0.2) is 58.6 Å². The fourth-order valence-electron chi connectivity index (χ4n) is 1.85. The molecule has 0 aliphatic rings. The van der Waals surface area contributed by atoms with E-state index in [0.29, 0.717) is 0 Å². The molecule has 2 atom stereocenters. The second-order valence-electron chi connectivity index (χ2n) is 5.30. The molecule has 0 aromatic carbocycles. The average molecular weight is 346 g/mol. The molecule has 0 aliphatic heterocycles. The van der Waals surface area contributed by atoms with Crippen LogP contribution in [0, 0.1) is 0 Å². The van der Waals surface area contributed by atoms with Crippen molar-refractivity contribution in [3.05, 3.63) is 0 Å². The van der Waals surface area contributed by atoms with Gasteiger partial charge in [-0.25, -0.2) is 9.59 Å². The molecule has 0 spiro atoms. The number of primary amides is 1. The highest BCUT2D eigenvalue weighted by Crippen LogP contribution is 2.13. The Morgan fingerprint density at radius 1 is 1.12 bits per heavy atom. The Balaban J connectivity index is 4.96. The van der Waals surface area contributed by atoms with Gasteiger partial charge in [-0.15, -0.1) is 0 Å². The maximum absolute atomic E-state index is 12.0. The van der Waals surface area contributed by atoms with Crippen molar-refractivity contribution in [2.45, 2.75) is 44.2 Å². The first-order valence-electron chi connectivity index (χ1n) is 7.05. The van der Waals surface area contributed by atoms with Gasteiger partial charge >= 0.3 is 18.0 Å². The number of amides is 4. The molecule has 0 saturated heterocycles. The Labute approximate surface area is 138 Å². The zero-order valence-corrected chi connectivity index (χ0v) is 13.4. The topological polar surface area (TPSA) is 188 Å². The van der Waals surface area contributed by atoms with Crippen LogP contribution in [0.15, 0.2) is 0 Å². The van der Waals surface area contributed by atoms with Crippen LogP contribution in [0.4, 0.5) is 4.79 Å². The van der Waals surface area contributed by atoms with Crippen LogP contribution in [0.2, 0.25) is 0 Å². The quantitative estimate of drug-likeness (QED) is 0.274. The van der Waals surface area contributed by atoms with Crippen LogP contribution >= 0.6 is 0 Å². The first kappa shape index (κ1) is 21.1. The third-order valence-electron chi connectivity index (χ3n) is 3.24. The van der Waals surface area contributed by atoms with Gasteiger partial charge in [-0.2, -0.15) is 0 Å². The molecule has 136 valence electrons. The van der Waals surface area contributed by atoms with Crippen LogP contribution in [0.3, 0.4) is 0 Å². The van der Waals surface area contributed by atoms with Gasteiger partial charge in [0.2, 0.25) is 11.8 Å². The largest absolute Gasteiger partial charge is 0.481 e. The molecular formula is C13H22N4O7. The minimum Gasteiger partial charge on any atom is -0.481 e. The van der Waals surface area contributed by atoms with Gasteiger partial charge in [0.15, 0.2) is 0 Å². The maximum Gasteiger partial charge on any atom is 0.326 e. The molecule has 4 amide bonds. The minimum absolute atomic E-state index is 0.200. The van der Waals surface area contributed by atoms with E-state index in [1.54, 1.807) is 0 Å². The number of aliphatic carboxylic acids is 2. The van der Waals surface area contributed by atoms with E-state index in [-0.39, 0.29) is 25.7 Å². The second-order valence-corrected chi connectivity index (χ2v) is 5.30. The summed E-state index contributed by atoms with van der Waals surface area (Å²) < 4.78 is 0. The van der Waals surface area contributed by atoms with E-state index in [2.05, 4.69) is 16.0 Å². The molecule has 0 aliphatic carbocycles. The van der Waals surface area contributed by atoms with Gasteiger partial charge in [0.25, 0.3) is 0 Å². The van der Waals surface area contributed by atoms with Gasteiger partial charge in [0.05, 0.1) is 0 Å². The third kappa shape index (κ3) is 7.42. The summed E-state index contributed by atoms with van der Waals surface area (Å²) in [5.41, 5.74) is 3.38. The Morgan fingerprint density at radius 3 is 2.12 bits per heavy atom. The van der Waals surface area contributed by atoms with Crippen LogP contribution < -0.4 is 21.7 Å². The lowest BCUT2D eigenvalue weighted by atomic mass is 9.94. The highest BCUT2D eigenvalue weighted by Gasteiger charge is 2.35. The molecule has 0 bridgehead atoms. The first-order valence-corrected chi connectivity index (χ1v) is 7.05. The molecule has 7 N–H and O–H groups in total. The van der Waals surface area contributed by atoms with Crippen molar-refractivity contribution in [3.63, 3.8) is 0 Å². The fraction of sp³-hybridized carbons (Fsp3) is 0.615. The number of urea groups is 1. The van der Waals surface area contributed by atoms with Crippen LogP contribution in [0.1, 0.15) is 32.6 Å². The lowest BCUT2D eigenvalue weighted by Crippen LogP contribution is -2.60. The number of carboxylic acids is 2. The molecule has 0 radical (unpaired) electrons. The Bertz CT molecular complexity index is 522. The summed E-state index contributed by atoms with van der Waals surface area (Å²) in [4.78, 5) is 56.3. The Morgan fingerprint density at radius 2 is 1.71 bits per heavy atom. The van der Waals surface area contributed by atoms with E-state index in [9.17, 15) is 24.0 Å². The number of nitrogens with two attached hydrogens (primary N) is 1. The number of carbonyl (C=O) groups is 5. The van der Waals surface area contributed by atoms with Crippen molar-refractivity contribution >= 4 is 29.8 Å². The molecule has 24 heavy (non-hydrogen) atoms. The van der Waals surface area contributed by atoms with Gasteiger partial charge in [-0.05, 0) is 19.8 Å². The van der Waals surface area contributed by atoms with Gasteiger partial charge in [0.1, 0.15) is 11.6 Å². The lowest BCUT2D eigenvalue weighted by molar-refractivity contribution is -0.139. The summed E-state index contributed by atoms with van der Waals surface area (Å²) in [5.74, 6) is -3.89. The Hall–Kier alpha value is -2.85. The van der Waals surface area contributed by atoms with Crippen molar-refractivity contribution in [3.8, 4) is 0 Å². The van der Waals surface area contributed by atoms with Gasteiger partial charge in [0, 0.05) is 19.9 Å². The Kier molecular flexibility index (Phi) is 8.22. The van der Waals surface area contributed by atoms with Crippen LogP contribution in [0.5, 0.6) is 0 Å². The fourth-order valence-corrected chi connectivity index (χ4v) is 1.85. The molecule has 11 nitrogen and oxygen atoms in total. The molecule has 0 unspecified atom stereocenters. The number of likely N-dealkylation sites (N-methyl/N-ethyl adjacent to an activating group) is 1. The molecule has 11 heteroatoms. The summed E-state index contributed by atoms with van der Waals surface area (Å²) in [6, 6.07) is -2.37. The van der Waals surface area contributed by atoms with Gasteiger partial charge in [-0.3, -0.25) is 14.4 Å².